The molecule has 1 fully saturated rings. The number of carboxylic acid groups (broad SMARTS) is 1. The van der Waals surface area contributed by atoms with E-state index in [1.54, 1.807) is 4.90 Å². The number of amides is 2. The number of carbonyl (C=O) groups excluding carboxylic acids is 2. The molecule has 1 saturated carbocycles. The van der Waals surface area contributed by atoms with Crippen LogP contribution in [0, 0.1) is 0 Å². The van der Waals surface area contributed by atoms with Gasteiger partial charge in [-0.3, -0.25) is 4.79 Å². The van der Waals surface area contributed by atoms with Gasteiger partial charge in [-0.15, -0.1) is 0 Å². The molecular weight excluding hydrogens is 500 g/mol. The number of methoxy groups -OCH3 is 1. The zero-order chi connectivity index (χ0) is 28.7. The third kappa shape index (κ3) is 6.89. The lowest BCUT2D eigenvalue weighted by Crippen LogP contribution is -2.67. The number of rotatable bonds is 13. The number of allylic oxidation sites excluding steroid dienone is 2. The van der Waals surface area contributed by atoms with E-state index in [1.165, 1.54) is 14.0 Å². The summed E-state index contributed by atoms with van der Waals surface area (Å²) in [6.07, 6.45) is 1.14. The molecule has 0 heterocycles. The number of nitrogens with zero attached hydrogens (tertiary/aromatic N) is 1. The van der Waals surface area contributed by atoms with Crippen molar-refractivity contribution in [3.05, 3.63) is 58.4 Å². The van der Waals surface area contributed by atoms with Crippen molar-refractivity contribution in [1.82, 2.24) is 10.2 Å². The fraction of sp³-hybridized carbons (Fsp3) is 0.567. The number of aliphatic carboxylic acids is 1. The molecule has 9 heteroatoms. The van der Waals surface area contributed by atoms with Crippen molar-refractivity contribution < 1.29 is 33.7 Å². The Morgan fingerprint density at radius 3 is 2.38 bits per heavy atom. The van der Waals surface area contributed by atoms with Crippen LogP contribution in [0.3, 0.4) is 0 Å². The molecule has 0 unspecified atom stereocenters. The van der Waals surface area contributed by atoms with Crippen LogP contribution in [0.1, 0.15) is 72.0 Å². The average molecular weight is 543 g/mol. The molecule has 0 aliphatic heterocycles. The zero-order valence-corrected chi connectivity index (χ0v) is 23.9. The van der Waals surface area contributed by atoms with Gasteiger partial charge in [0.15, 0.2) is 5.78 Å². The number of carboxylic acids is 1. The Morgan fingerprint density at radius 1 is 1.15 bits per heavy atom. The summed E-state index contributed by atoms with van der Waals surface area (Å²) in [7, 11) is 1.54. The fourth-order valence-corrected chi connectivity index (χ4v) is 5.43. The summed E-state index contributed by atoms with van der Waals surface area (Å²) in [5.74, 6) is -0.522. The quantitative estimate of drug-likeness (QED) is 0.368. The van der Waals surface area contributed by atoms with Gasteiger partial charge in [-0.2, -0.15) is 0 Å². The van der Waals surface area contributed by atoms with Crippen LogP contribution in [0.2, 0.25) is 0 Å². The van der Waals surface area contributed by atoms with E-state index in [0.29, 0.717) is 30.8 Å². The largest absolute Gasteiger partial charge is 0.493 e. The van der Waals surface area contributed by atoms with Crippen LogP contribution in [0.15, 0.2) is 52.8 Å². The van der Waals surface area contributed by atoms with E-state index in [-0.39, 0.29) is 50.0 Å². The summed E-state index contributed by atoms with van der Waals surface area (Å²) in [4.78, 5) is 39.7. The predicted octanol–water partition coefficient (Wildman–Crippen LogP) is 4.79. The van der Waals surface area contributed by atoms with E-state index in [2.05, 4.69) is 5.32 Å². The van der Waals surface area contributed by atoms with Crippen molar-refractivity contribution in [2.24, 2.45) is 0 Å². The van der Waals surface area contributed by atoms with Gasteiger partial charge >= 0.3 is 12.0 Å². The van der Waals surface area contributed by atoms with Gasteiger partial charge in [-0.05, 0) is 64.2 Å². The molecule has 0 bridgehead atoms. The molecule has 2 aliphatic carbocycles. The Morgan fingerprint density at radius 2 is 1.82 bits per heavy atom. The zero-order valence-electron chi connectivity index (χ0n) is 23.9. The molecular formula is C30H42N2O7. The Labute approximate surface area is 231 Å². The summed E-state index contributed by atoms with van der Waals surface area (Å²) < 4.78 is 17.2. The first-order valence-corrected chi connectivity index (χ1v) is 13.6. The molecule has 2 atom stereocenters. The smallest absolute Gasteiger partial charge is 0.329 e. The standard InChI is InChI=1S/C30H42N2O7/c1-7-38-27-19(2)25(13-14-26(27)21(4)33)20(3)32(15-16-39-22(5)23-11-9-8-10-12-23)29(36)31-30(28(34)35)17-24(18-30)37-6/h8-12,20,22,24H,7,13-18H2,1-6H3,(H,31,36)(H,34,35)/t20-,22-,24?,30?/m1/s1. The van der Waals surface area contributed by atoms with Gasteiger partial charge < -0.3 is 29.5 Å². The second kappa shape index (κ2) is 13.3. The number of benzene rings is 1. The minimum absolute atomic E-state index is 0.0246. The maximum absolute atomic E-state index is 13.7. The third-order valence-electron chi connectivity index (χ3n) is 7.90. The Kier molecular flexibility index (Phi) is 10.3. The molecule has 39 heavy (non-hydrogen) atoms. The summed E-state index contributed by atoms with van der Waals surface area (Å²) >= 11 is 0. The molecule has 2 amide bonds. The van der Waals surface area contributed by atoms with Crippen molar-refractivity contribution in [1.29, 1.82) is 0 Å². The molecule has 2 N–H and O–H groups in total. The van der Waals surface area contributed by atoms with E-state index in [0.717, 1.165) is 16.7 Å². The lowest BCUT2D eigenvalue weighted by atomic mass is 9.74. The molecule has 0 aromatic heterocycles. The number of hydrogen-bond donors (Lipinski definition) is 2. The first kappa shape index (κ1) is 30.4. The Balaban J connectivity index is 1.86. The number of ketones is 1. The summed E-state index contributed by atoms with van der Waals surface area (Å²) in [6, 6.07) is 8.96. The predicted molar refractivity (Wildman–Crippen MR) is 147 cm³/mol. The van der Waals surface area contributed by atoms with Gasteiger partial charge in [0.2, 0.25) is 0 Å². The minimum atomic E-state index is -1.37. The van der Waals surface area contributed by atoms with Gasteiger partial charge in [0.1, 0.15) is 11.3 Å². The second-order valence-corrected chi connectivity index (χ2v) is 10.3. The SMILES string of the molecule is CCOC1=C(C(C)=O)CCC([C@@H](C)N(CCO[C@H](C)c2ccccc2)C(=O)NC2(C(=O)O)CC(OC)C2)=C1C. The van der Waals surface area contributed by atoms with Crippen LogP contribution in [-0.2, 0) is 23.8 Å². The number of nitrogens with one attached hydrogen (secondary N) is 1. The highest BCUT2D eigenvalue weighted by Gasteiger charge is 2.52. The number of carbonyl (C=O) groups is 3. The lowest BCUT2D eigenvalue weighted by Gasteiger charge is -2.45. The third-order valence-corrected chi connectivity index (χ3v) is 7.90. The van der Waals surface area contributed by atoms with E-state index in [4.69, 9.17) is 14.2 Å². The number of ether oxygens (including phenoxy) is 3. The van der Waals surface area contributed by atoms with Gasteiger partial charge in [-0.1, -0.05) is 30.3 Å². The summed E-state index contributed by atoms with van der Waals surface area (Å²) in [6.45, 7) is 10.1. The van der Waals surface area contributed by atoms with E-state index >= 15 is 0 Å². The molecule has 0 radical (unpaired) electrons. The summed E-state index contributed by atoms with van der Waals surface area (Å²) in [5, 5.41) is 12.7. The number of urea groups is 1. The van der Waals surface area contributed by atoms with Crippen molar-refractivity contribution in [3.8, 4) is 0 Å². The fourth-order valence-electron chi connectivity index (χ4n) is 5.43. The van der Waals surface area contributed by atoms with E-state index in [9.17, 15) is 19.5 Å². The maximum atomic E-state index is 13.7. The van der Waals surface area contributed by atoms with Crippen molar-refractivity contribution >= 4 is 17.8 Å². The molecule has 1 aromatic carbocycles. The summed E-state index contributed by atoms with van der Waals surface area (Å²) in [5.41, 5.74) is 2.13. The highest BCUT2D eigenvalue weighted by molar-refractivity contribution is 5.95. The van der Waals surface area contributed by atoms with E-state index < -0.39 is 17.5 Å². The topological polar surface area (TPSA) is 114 Å². The second-order valence-electron chi connectivity index (χ2n) is 10.3. The first-order valence-electron chi connectivity index (χ1n) is 13.6. The van der Waals surface area contributed by atoms with Gasteiger partial charge in [0.25, 0.3) is 0 Å². The van der Waals surface area contributed by atoms with Crippen LogP contribution >= 0.6 is 0 Å². The Bertz CT molecular complexity index is 1110. The normalized spacial score (nSPS) is 22.6. The maximum Gasteiger partial charge on any atom is 0.329 e. The van der Waals surface area contributed by atoms with Gasteiger partial charge in [0, 0.05) is 32.1 Å². The lowest BCUT2D eigenvalue weighted by molar-refractivity contribution is -0.155. The average Bonchev–Trinajstić information content (AvgIpc) is 2.89. The van der Waals surface area contributed by atoms with Gasteiger partial charge in [0.05, 0.1) is 31.5 Å². The molecule has 0 spiro atoms. The number of hydrogen-bond acceptors (Lipinski definition) is 6. The van der Waals surface area contributed by atoms with Crippen LogP contribution in [0.5, 0.6) is 0 Å². The molecule has 9 nitrogen and oxygen atoms in total. The van der Waals surface area contributed by atoms with E-state index in [1.807, 2.05) is 58.0 Å². The van der Waals surface area contributed by atoms with Crippen LogP contribution in [0.4, 0.5) is 4.79 Å². The molecule has 0 saturated heterocycles. The minimum Gasteiger partial charge on any atom is -0.493 e. The van der Waals surface area contributed by atoms with Crippen molar-refractivity contribution in [2.75, 3.05) is 26.9 Å². The van der Waals surface area contributed by atoms with Crippen molar-refractivity contribution in [2.45, 2.75) is 84.1 Å². The first-order chi connectivity index (χ1) is 18.5. The van der Waals surface area contributed by atoms with Crippen molar-refractivity contribution in [3.63, 3.8) is 0 Å². The monoisotopic (exact) mass is 542 g/mol. The molecule has 3 rings (SSSR count). The molecule has 214 valence electrons. The molecule has 2 aliphatic rings. The number of Topliss-reactive ketones (excluding diaryl/α,β-unsaturated/α-hetero) is 1. The van der Waals surface area contributed by atoms with Gasteiger partial charge in [-0.25, -0.2) is 9.59 Å². The van der Waals surface area contributed by atoms with Crippen LogP contribution in [0.25, 0.3) is 0 Å². The Hall–Kier alpha value is -3.17. The van der Waals surface area contributed by atoms with Crippen LogP contribution < -0.4 is 5.32 Å². The highest BCUT2D eigenvalue weighted by atomic mass is 16.5. The van der Waals surface area contributed by atoms with Crippen LogP contribution in [-0.4, -0.2) is 72.3 Å². The highest BCUT2D eigenvalue weighted by Crippen LogP contribution is 2.37. The molecule has 1 aromatic rings.